The van der Waals surface area contributed by atoms with E-state index in [1.165, 1.54) is 0 Å². The molecule has 3 N–H and O–H groups in total. The van der Waals surface area contributed by atoms with E-state index in [2.05, 4.69) is 31.1 Å². The second-order valence-corrected chi connectivity index (χ2v) is 5.38. The number of benzene rings is 1. The molecule has 0 spiro atoms. The number of carbonyl (C=O) groups excluding carboxylic acids is 1. The van der Waals surface area contributed by atoms with E-state index in [0.717, 1.165) is 25.2 Å². The molecule has 0 atom stereocenters. The summed E-state index contributed by atoms with van der Waals surface area (Å²) in [6.07, 6.45) is 1.04. The summed E-state index contributed by atoms with van der Waals surface area (Å²) in [6.45, 7) is 8.37. The Kier molecular flexibility index (Phi) is 7.02. The smallest absolute Gasteiger partial charge is 0.340 e. The van der Waals surface area contributed by atoms with E-state index in [-0.39, 0.29) is 5.97 Å². The lowest BCUT2D eigenvalue weighted by Crippen LogP contribution is -2.28. The van der Waals surface area contributed by atoms with Gasteiger partial charge in [-0.1, -0.05) is 0 Å². The van der Waals surface area contributed by atoms with E-state index in [1.807, 2.05) is 6.07 Å². The number of nitrogen functional groups attached to an aromatic ring is 1. The lowest BCUT2D eigenvalue weighted by molar-refractivity contribution is 0.0527. The minimum atomic E-state index is -0.377. The summed E-state index contributed by atoms with van der Waals surface area (Å²) >= 11 is 0. The number of carbonyl (C=O) groups is 1. The largest absolute Gasteiger partial charge is 0.462 e. The third-order valence-electron chi connectivity index (χ3n) is 3.45. The van der Waals surface area contributed by atoms with Crippen LogP contribution in [-0.4, -0.2) is 43.7 Å². The van der Waals surface area contributed by atoms with Crippen LogP contribution in [0.4, 0.5) is 11.4 Å². The van der Waals surface area contributed by atoms with Gasteiger partial charge in [-0.3, -0.25) is 0 Å². The molecule has 0 heterocycles. The van der Waals surface area contributed by atoms with Crippen molar-refractivity contribution < 1.29 is 9.53 Å². The first kappa shape index (κ1) is 17.3. The molecule has 0 radical (unpaired) electrons. The van der Waals surface area contributed by atoms with Gasteiger partial charge in [-0.15, -0.1) is 0 Å². The third-order valence-corrected chi connectivity index (χ3v) is 3.45. The van der Waals surface area contributed by atoms with Gasteiger partial charge in [-0.25, -0.2) is 4.79 Å². The van der Waals surface area contributed by atoms with Gasteiger partial charge in [0, 0.05) is 24.0 Å². The van der Waals surface area contributed by atoms with Gasteiger partial charge in [-0.05, 0) is 59.0 Å². The zero-order valence-electron chi connectivity index (χ0n) is 13.5. The van der Waals surface area contributed by atoms with Crippen LogP contribution in [-0.2, 0) is 4.74 Å². The monoisotopic (exact) mass is 293 g/mol. The van der Waals surface area contributed by atoms with Crippen molar-refractivity contribution in [2.75, 3.05) is 37.8 Å². The Balaban J connectivity index is 2.53. The molecule has 0 saturated carbocycles. The van der Waals surface area contributed by atoms with Crippen LogP contribution < -0.4 is 11.1 Å². The molecule has 118 valence electrons. The first-order valence-corrected chi connectivity index (χ1v) is 7.46. The molecule has 5 nitrogen and oxygen atoms in total. The number of nitrogens with one attached hydrogen (secondary N) is 1. The molecule has 1 rings (SSSR count). The van der Waals surface area contributed by atoms with Gasteiger partial charge >= 0.3 is 5.97 Å². The van der Waals surface area contributed by atoms with Gasteiger partial charge in [0.05, 0.1) is 12.2 Å². The van der Waals surface area contributed by atoms with Gasteiger partial charge in [-0.2, -0.15) is 0 Å². The van der Waals surface area contributed by atoms with Crippen molar-refractivity contribution in [3.8, 4) is 0 Å². The Morgan fingerprint density at radius 3 is 2.76 bits per heavy atom. The Morgan fingerprint density at radius 2 is 2.14 bits per heavy atom. The Morgan fingerprint density at radius 1 is 1.43 bits per heavy atom. The number of nitrogens with zero attached hydrogens (tertiary/aromatic N) is 1. The first-order chi connectivity index (χ1) is 9.95. The van der Waals surface area contributed by atoms with Crippen molar-refractivity contribution in [1.82, 2.24) is 4.90 Å². The molecular weight excluding hydrogens is 266 g/mol. The van der Waals surface area contributed by atoms with Crippen molar-refractivity contribution >= 4 is 17.3 Å². The van der Waals surface area contributed by atoms with E-state index in [9.17, 15) is 4.79 Å². The van der Waals surface area contributed by atoms with Crippen LogP contribution in [0.25, 0.3) is 0 Å². The number of hydrogen-bond donors (Lipinski definition) is 2. The normalized spacial score (nSPS) is 11.0. The van der Waals surface area contributed by atoms with Gasteiger partial charge in [0.2, 0.25) is 0 Å². The Bertz CT molecular complexity index is 461. The second kappa shape index (κ2) is 8.52. The Labute approximate surface area is 127 Å². The van der Waals surface area contributed by atoms with Crippen molar-refractivity contribution in [3.05, 3.63) is 23.8 Å². The summed E-state index contributed by atoms with van der Waals surface area (Å²) in [7, 11) is 2.12. The van der Waals surface area contributed by atoms with Crippen molar-refractivity contribution in [3.63, 3.8) is 0 Å². The lowest BCUT2D eigenvalue weighted by atomic mass is 10.1. The van der Waals surface area contributed by atoms with Crippen LogP contribution in [0.2, 0.25) is 0 Å². The van der Waals surface area contributed by atoms with Crippen molar-refractivity contribution in [2.24, 2.45) is 0 Å². The third kappa shape index (κ3) is 5.63. The highest BCUT2D eigenvalue weighted by atomic mass is 16.5. The van der Waals surface area contributed by atoms with Crippen molar-refractivity contribution in [1.29, 1.82) is 0 Å². The zero-order chi connectivity index (χ0) is 15.8. The molecule has 1 aromatic rings. The lowest BCUT2D eigenvalue weighted by Gasteiger charge is -2.20. The molecule has 0 aliphatic heterocycles. The number of hydrogen-bond acceptors (Lipinski definition) is 5. The predicted molar refractivity (Wildman–Crippen MR) is 87.7 cm³/mol. The average molecular weight is 293 g/mol. The van der Waals surface area contributed by atoms with Crippen LogP contribution in [0.1, 0.15) is 37.6 Å². The molecule has 5 heteroatoms. The van der Waals surface area contributed by atoms with Crippen LogP contribution in [0, 0.1) is 0 Å². The van der Waals surface area contributed by atoms with Crippen LogP contribution in [0.3, 0.4) is 0 Å². The highest BCUT2D eigenvalue weighted by Gasteiger charge is 2.11. The molecule has 0 aliphatic carbocycles. The second-order valence-electron chi connectivity index (χ2n) is 5.38. The first-order valence-electron chi connectivity index (χ1n) is 7.46. The maximum atomic E-state index is 11.8. The van der Waals surface area contributed by atoms with E-state index in [4.69, 9.17) is 10.5 Å². The van der Waals surface area contributed by atoms with Crippen LogP contribution >= 0.6 is 0 Å². The summed E-state index contributed by atoms with van der Waals surface area (Å²) in [5, 5.41) is 3.31. The molecule has 0 bridgehead atoms. The molecule has 0 unspecified atom stereocenters. The SMILES string of the molecule is CCOC(=O)c1cc(NCCCN(C)C(C)C)ccc1N. The summed E-state index contributed by atoms with van der Waals surface area (Å²) < 4.78 is 4.99. The number of esters is 1. The molecule has 0 aromatic heterocycles. The summed E-state index contributed by atoms with van der Waals surface area (Å²) in [5.74, 6) is -0.377. The van der Waals surface area contributed by atoms with Gasteiger partial charge < -0.3 is 20.7 Å². The minimum Gasteiger partial charge on any atom is -0.462 e. The predicted octanol–water partition coefficient (Wildman–Crippen LogP) is 2.59. The van der Waals surface area contributed by atoms with E-state index in [1.54, 1.807) is 19.1 Å². The molecule has 1 aromatic carbocycles. The van der Waals surface area contributed by atoms with E-state index < -0.39 is 0 Å². The van der Waals surface area contributed by atoms with E-state index >= 15 is 0 Å². The van der Waals surface area contributed by atoms with Gasteiger partial charge in [0.25, 0.3) is 0 Å². The average Bonchev–Trinajstić information content (AvgIpc) is 2.44. The highest BCUT2D eigenvalue weighted by molar-refractivity contribution is 5.96. The standard InChI is InChI=1S/C16H27N3O2/c1-5-21-16(20)14-11-13(7-8-15(14)17)18-9-6-10-19(4)12(2)3/h7-8,11-12,18H,5-6,9-10,17H2,1-4H3. The highest BCUT2D eigenvalue weighted by Crippen LogP contribution is 2.19. The summed E-state index contributed by atoms with van der Waals surface area (Å²) in [6, 6.07) is 5.91. The molecule has 0 fully saturated rings. The zero-order valence-corrected chi connectivity index (χ0v) is 13.5. The molecule has 21 heavy (non-hydrogen) atoms. The molecule has 0 amide bonds. The topological polar surface area (TPSA) is 67.6 Å². The quantitative estimate of drug-likeness (QED) is 0.438. The minimum absolute atomic E-state index is 0.345. The van der Waals surface area contributed by atoms with Crippen molar-refractivity contribution in [2.45, 2.75) is 33.2 Å². The summed E-state index contributed by atoms with van der Waals surface area (Å²) in [5.41, 5.74) is 7.56. The van der Waals surface area contributed by atoms with Gasteiger partial charge in [0.15, 0.2) is 0 Å². The fourth-order valence-electron chi connectivity index (χ4n) is 1.87. The maximum absolute atomic E-state index is 11.8. The molecule has 0 saturated heterocycles. The van der Waals surface area contributed by atoms with Gasteiger partial charge in [0.1, 0.15) is 0 Å². The summed E-state index contributed by atoms with van der Waals surface area (Å²) in [4.78, 5) is 14.1. The number of nitrogens with two attached hydrogens (primary N) is 1. The molecular formula is C16H27N3O2. The van der Waals surface area contributed by atoms with Crippen LogP contribution in [0.5, 0.6) is 0 Å². The maximum Gasteiger partial charge on any atom is 0.340 e. The Hall–Kier alpha value is -1.75. The van der Waals surface area contributed by atoms with Crippen LogP contribution in [0.15, 0.2) is 18.2 Å². The number of rotatable bonds is 8. The molecule has 0 aliphatic rings. The number of anilines is 2. The fraction of sp³-hybridized carbons (Fsp3) is 0.562. The van der Waals surface area contributed by atoms with E-state index in [0.29, 0.717) is 23.9 Å². The fourth-order valence-corrected chi connectivity index (χ4v) is 1.87. The number of ether oxygens (including phenoxy) is 1.